The van der Waals surface area contributed by atoms with Gasteiger partial charge in [0.2, 0.25) is 0 Å². The Hall–Kier alpha value is -3.40. The number of aromatic hydroxyl groups is 1. The van der Waals surface area contributed by atoms with Crippen LogP contribution in [0.1, 0.15) is 33.6 Å². The predicted molar refractivity (Wildman–Crippen MR) is 113 cm³/mol. The number of piperidine rings is 1. The van der Waals surface area contributed by atoms with Crippen molar-refractivity contribution in [2.75, 3.05) is 13.1 Å². The Morgan fingerprint density at radius 2 is 1.41 bits per heavy atom. The minimum absolute atomic E-state index is 0.0641. The molecule has 1 amide bonds. The van der Waals surface area contributed by atoms with Crippen LogP contribution in [0.4, 0.5) is 0 Å². The maximum absolute atomic E-state index is 12.9. The van der Waals surface area contributed by atoms with E-state index in [4.69, 9.17) is 0 Å². The van der Waals surface area contributed by atoms with E-state index in [-0.39, 0.29) is 23.4 Å². The largest absolute Gasteiger partial charge is 0.508 e. The van der Waals surface area contributed by atoms with Crippen molar-refractivity contribution in [2.45, 2.75) is 12.8 Å². The summed E-state index contributed by atoms with van der Waals surface area (Å²) in [5.74, 6) is 0.0683. The molecule has 1 aliphatic rings. The number of amides is 1. The van der Waals surface area contributed by atoms with Gasteiger partial charge < -0.3 is 10.0 Å². The normalized spacial score (nSPS) is 14.6. The summed E-state index contributed by atoms with van der Waals surface area (Å²) in [6.07, 6.45) is 1.31. The molecular formula is C25H23NO3. The smallest absolute Gasteiger partial charge is 0.253 e. The first kappa shape index (κ1) is 18.9. The first-order chi connectivity index (χ1) is 14.1. The Morgan fingerprint density at radius 1 is 0.759 bits per heavy atom. The van der Waals surface area contributed by atoms with Crippen LogP contribution >= 0.6 is 0 Å². The zero-order valence-corrected chi connectivity index (χ0v) is 16.1. The topological polar surface area (TPSA) is 57.6 Å². The van der Waals surface area contributed by atoms with Crippen LogP contribution in [0.5, 0.6) is 5.75 Å². The number of nitrogens with zero attached hydrogens (tertiary/aromatic N) is 1. The zero-order valence-electron chi connectivity index (χ0n) is 16.1. The second-order valence-electron chi connectivity index (χ2n) is 7.42. The van der Waals surface area contributed by atoms with Gasteiger partial charge in [0.25, 0.3) is 5.91 Å². The zero-order chi connectivity index (χ0) is 20.2. The molecule has 1 aliphatic heterocycles. The summed E-state index contributed by atoms with van der Waals surface area (Å²) in [6, 6.07) is 24.3. The van der Waals surface area contributed by atoms with Gasteiger partial charge in [0.1, 0.15) is 5.75 Å². The number of likely N-dealkylation sites (tertiary alicyclic amines) is 1. The first-order valence-electron chi connectivity index (χ1n) is 9.90. The summed E-state index contributed by atoms with van der Waals surface area (Å²) in [6.45, 7) is 1.10. The molecule has 3 aromatic rings. The number of carbonyl (C=O) groups is 2. The maximum Gasteiger partial charge on any atom is 0.253 e. The van der Waals surface area contributed by atoms with Crippen molar-refractivity contribution in [1.29, 1.82) is 0 Å². The number of hydrogen-bond acceptors (Lipinski definition) is 3. The lowest BCUT2D eigenvalue weighted by molar-refractivity contribution is 0.0650. The molecule has 1 N–H and O–H groups in total. The van der Waals surface area contributed by atoms with E-state index in [1.165, 1.54) is 6.07 Å². The van der Waals surface area contributed by atoms with Gasteiger partial charge in [0, 0.05) is 30.1 Å². The Morgan fingerprint density at radius 3 is 2.07 bits per heavy atom. The number of rotatable bonds is 4. The van der Waals surface area contributed by atoms with Crippen molar-refractivity contribution in [2.24, 2.45) is 5.92 Å². The third kappa shape index (κ3) is 4.21. The molecule has 0 radical (unpaired) electrons. The van der Waals surface area contributed by atoms with E-state index >= 15 is 0 Å². The van der Waals surface area contributed by atoms with Gasteiger partial charge in [-0.15, -0.1) is 0 Å². The van der Waals surface area contributed by atoms with Gasteiger partial charge in [-0.2, -0.15) is 0 Å². The van der Waals surface area contributed by atoms with Crippen LogP contribution in [-0.4, -0.2) is 34.8 Å². The van der Waals surface area contributed by atoms with E-state index in [9.17, 15) is 14.7 Å². The molecule has 3 aromatic carbocycles. The van der Waals surface area contributed by atoms with E-state index in [0.29, 0.717) is 31.5 Å². The summed E-state index contributed by atoms with van der Waals surface area (Å²) in [5, 5.41) is 9.58. The van der Waals surface area contributed by atoms with Gasteiger partial charge in [0.15, 0.2) is 5.78 Å². The van der Waals surface area contributed by atoms with Crippen molar-refractivity contribution in [3.63, 3.8) is 0 Å². The molecule has 0 unspecified atom stereocenters. The van der Waals surface area contributed by atoms with Crippen molar-refractivity contribution in [3.8, 4) is 16.9 Å². The number of benzene rings is 3. The number of phenols is 1. The molecule has 0 saturated carbocycles. The lowest BCUT2D eigenvalue weighted by Crippen LogP contribution is -2.40. The van der Waals surface area contributed by atoms with Gasteiger partial charge >= 0.3 is 0 Å². The Kier molecular flexibility index (Phi) is 5.43. The van der Waals surface area contributed by atoms with Gasteiger partial charge in [-0.3, -0.25) is 9.59 Å². The highest BCUT2D eigenvalue weighted by Crippen LogP contribution is 2.25. The summed E-state index contributed by atoms with van der Waals surface area (Å²) < 4.78 is 0. The summed E-state index contributed by atoms with van der Waals surface area (Å²) in [4.78, 5) is 27.3. The van der Waals surface area contributed by atoms with Gasteiger partial charge in [-0.25, -0.2) is 0 Å². The number of carbonyl (C=O) groups excluding carboxylic acids is 2. The van der Waals surface area contributed by atoms with E-state index in [1.807, 2.05) is 42.5 Å². The molecule has 4 rings (SSSR count). The highest BCUT2D eigenvalue weighted by molar-refractivity contribution is 5.99. The van der Waals surface area contributed by atoms with Gasteiger partial charge in [0.05, 0.1) is 0 Å². The predicted octanol–water partition coefficient (Wildman–Crippen LogP) is 4.79. The van der Waals surface area contributed by atoms with Crippen molar-refractivity contribution < 1.29 is 14.7 Å². The quantitative estimate of drug-likeness (QED) is 0.657. The highest BCUT2D eigenvalue weighted by atomic mass is 16.3. The SMILES string of the molecule is O=C(c1ccc(-c2ccccc2)cc1)C1CCN(C(=O)c2cccc(O)c2)CC1. The molecule has 1 heterocycles. The second-order valence-corrected chi connectivity index (χ2v) is 7.42. The van der Waals surface area contributed by atoms with Crippen LogP contribution in [0.25, 0.3) is 11.1 Å². The molecule has 0 spiro atoms. The maximum atomic E-state index is 12.9. The third-order valence-electron chi connectivity index (χ3n) is 5.52. The lowest BCUT2D eigenvalue weighted by Gasteiger charge is -2.31. The summed E-state index contributed by atoms with van der Waals surface area (Å²) in [7, 11) is 0. The molecule has 1 fully saturated rings. The van der Waals surface area contributed by atoms with Crippen LogP contribution in [0.2, 0.25) is 0 Å². The van der Waals surface area contributed by atoms with E-state index in [0.717, 1.165) is 16.7 Å². The molecular weight excluding hydrogens is 362 g/mol. The summed E-state index contributed by atoms with van der Waals surface area (Å²) >= 11 is 0. The Balaban J connectivity index is 1.38. The average molecular weight is 385 g/mol. The standard InChI is InChI=1S/C25H23NO3/c27-23-8-4-7-22(17-23)25(29)26-15-13-21(14-16-26)24(28)20-11-9-19(10-12-20)18-5-2-1-3-6-18/h1-12,17,21,27H,13-16H2. The number of phenolic OH excluding ortho intramolecular Hbond substituents is 1. The van der Waals surface area contributed by atoms with Crippen molar-refractivity contribution in [3.05, 3.63) is 90.0 Å². The molecule has 29 heavy (non-hydrogen) atoms. The third-order valence-corrected chi connectivity index (χ3v) is 5.52. The minimum Gasteiger partial charge on any atom is -0.508 e. The van der Waals surface area contributed by atoms with Crippen LogP contribution < -0.4 is 0 Å². The molecule has 146 valence electrons. The molecule has 4 nitrogen and oxygen atoms in total. The van der Waals surface area contributed by atoms with E-state index < -0.39 is 0 Å². The second kappa shape index (κ2) is 8.31. The van der Waals surface area contributed by atoms with Gasteiger partial charge in [-0.05, 0) is 42.2 Å². The fourth-order valence-corrected chi connectivity index (χ4v) is 3.86. The molecule has 0 atom stereocenters. The van der Waals surface area contributed by atoms with E-state index in [2.05, 4.69) is 12.1 Å². The van der Waals surface area contributed by atoms with E-state index in [1.54, 1.807) is 23.1 Å². The Labute approximate surface area is 170 Å². The van der Waals surface area contributed by atoms with Crippen LogP contribution in [-0.2, 0) is 0 Å². The first-order valence-corrected chi connectivity index (χ1v) is 9.90. The van der Waals surface area contributed by atoms with Crippen molar-refractivity contribution >= 4 is 11.7 Å². The number of ketones is 1. The van der Waals surface area contributed by atoms with Gasteiger partial charge in [-0.1, -0.05) is 60.7 Å². The highest BCUT2D eigenvalue weighted by Gasteiger charge is 2.28. The van der Waals surface area contributed by atoms with Crippen LogP contribution in [0.15, 0.2) is 78.9 Å². The molecule has 0 aromatic heterocycles. The van der Waals surface area contributed by atoms with Crippen LogP contribution in [0, 0.1) is 5.92 Å². The lowest BCUT2D eigenvalue weighted by atomic mass is 9.88. The monoisotopic (exact) mass is 385 g/mol. The molecule has 0 aliphatic carbocycles. The van der Waals surface area contributed by atoms with Crippen LogP contribution in [0.3, 0.4) is 0 Å². The average Bonchev–Trinajstić information content (AvgIpc) is 2.79. The molecule has 1 saturated heterocycles. The number of Topliss-reactive ketones (excluding diaryl/α,β-unsaturated/α-hetero) is 1. The number of hydrogen-bond donors (Lipinski definition) is 1. The fourth-order valence-electron chi connectivity index (χ4n) is 3.86. The van der Waals surface area contributed by atoms with Crippen molar-refractivity contribution in [1.82, 2.24) is 4.90 Å². The summed E-state index contributed by atoms with van der Waals surface area (Å²) in [5.41, 5.74) is 3.42. The molecule has 4 heteroatoms. The fraction of sp³-hybridized carbons (Fsp3) is 0.200. The minimum atomic E-state index is -0.0981. The Bertz CT molecular complexity index is 1000. The molecule has 0 bridgehead atoms.